The molecule has 104 valence electrons. The van der Waals surface area contributed by atoms with Gasteiger partial charge in [0.1, 0.15) is 0 Å². The third-order valence-corrected chi connectivity index (χ3v) is 2.07. The van der Waals surface area contributed by atoms with Gasteiger partial charge in [0.25, 0.3) is 0 Å². The van der Waals surface area contributed by atoms with Crippen molar-refractivity contribution in [2.24, 2.45) is 0 Å². The Balaban J connectivity index is 3.42. The lowest BCUT2D eigenvalue weighted by molar-refractivity contribution is -0.150. The molecule has 6 heteroatoms. The molecule has 0 saturated carbocycles. The van der Waals surface area contributed by atoms with Crippen LogP contribution in [0.1, 0.15) is 39.5 Å². The zero-order valence-electron chi connectivity index (χ0n) is 11.0. The monoisotopic (exact) mass is 259 g/mol. The van der Waals surface area contributed by atoms with Crippen LogP contribution in [0.2, 0.25) is 0 Å². The van der Waals surface area contributed by atoms with E-state index in [1.54, 1.807) is 13.8 Å². The third-order valence-electron chi connectivity index (χ3n) is 2.07. The van der Waals surface area contributed by atoms with Gasteiger partial charge in [0.2, 0.25) is 5.91 Å². The maximum atomic E-state index is 11.2. The van der Waals surface area contributed by atoms with Crippen molar-refractivity contribution in [3.63, 3.8) is 0 Å². The second kappa shape index (κ2) is 10.6. The quantitative estimate of drug-likeness (QED) is 0.489. The summed E-state index contributed by atoms with van der Waals surface area (Å²) in [5.74, 6) is -0.849. The Kier molecular flexibility index (Phi) is 9.62. The molecule has 0 aromatic carbocycles. The van der Waals surface area contributed by atoms with Crippen LogP contribution in [0.3, 0.4) is 0 Å². The Labute approximate surface area is 107 Å². The number of carbonyl (C=O) groups is 3. The van der Waals surface area contributed by atoms with Gasteiger partial charge in [-0.3, -0.25) is 14.4 Å². The number of esters is 2. The largest absolute Gasteiger partial charge is 0.466 e. The van der Waals surface area contributed by atoms with Gasteiger partial charge in [0.05, 0.1) is 26.1 Å². The predicted molar refractivity (Wildman–Crippen MR) is 64.7 cm³/mol. The van der Waals surface area contributed by atoms with Gasteiger partial charge in [0.15, 0.2) is 0 Å². The van der Waals surface area contributed by atoms with Crippen LogP contribution in [0.4, 0.5) is 0 Å². The first-order chi connectivity index (χ1) is 8.60. The number of rotatable bonds is 9. The number of ether oxygens (including phenoxy) is 2. The van der Waals surface area contributed by atoms with Crippen molar-refractivity contribution in [1.29, 1.82) is 0 Å². The Morgan fingerprint density at radius 1 is 1.00 bits per heavy atom. The molecule has 0 aromatic heterocycles. The highest BCUT2D eigenvalue weighted by molar-refractivity contribution is 5.77. The summed E-state index contributed by atoms with van der Waals surface area (Å²) >= 11 is 0. The van der Waals surface area contributed by atoms with E-state index in [0.29, 0.717) is 26.0 Å². The average molecular weight is 259 g/mol. The van der Waals surface area contributed by atoms with Crippen LogP contribution in [-0.2, 0) is 23.9 Å². The number of amides is 1. The summed E-state index contributed by atoms with van der Waals surface area (Å²) in [5.41, 5.74) is 0. The van der Waals surface area contributed by atoms with Gasteiger partial charge in [0, 0.05) is 13.0 Å². The molecule has 0 aliphatic heterocycles. The minimum Gasteiger partial charge on any atom is -0.466 e. The van der Waals surface area contributed by atoms with E-state index in [0.717, 1.165) is 0 Å². The highest BCUT2D eigenvalue weighted by Gasteiger charge is 2.08. The highest BCUT2D eigenvalue weighted by atomic mass is 16.5. The molecular weight excluding hydrogens is 238 g/mol. The standard InChI is InChI=1S/C12H21NO5/c1-3-10(14)13-8-5-9-18-12(16)7-6-11(15)17-4-2/h3-9H2,1-2H3,(H,13,14). The van der Waals surface area contributed by atoms with E-state index in [1.807, 2.05) is 0 Å². The molecule has 0 fully saturated rings. The molecule has 0 atom stereocenters. The summed E-state index contributed by atoms with van der Waals surface area (Å²) in [6.07, 6.45) is 1.08. The molecule has 0 radical (unpaired) electrons. The SMILES string of the molecule is CCOC(=O)CCC(=O)OCCCNC(=O)CC. The maximum absolute atomic E-state index is 11.2. The fourth-order valence-electron chi connectivity index (χ4n) is 1.12. The van der Waals surface area contributed by atoms with Gasteiger partial charge < -0.3 is 14.8 Å². The molecule has 0 aromatic rings. The lowest BCUT2D eigenvalue weighted by Gasteiger charge is -2.05. The van der Waals surface area contributed by atoms with Gasteiger partial charge >= 0.3 is 11.9 Å². The minimum absolute atomic E-state index is 0.0244. The van der Waals surface area contributed by atoms with Crippen LogP contribution in [0, 0.1) is 0 Å². The van der Waals surface area contributed by atoms with Crippen LogP contribution < -0.4 is 5.32 Å². The summed E-state index contributed by atoms with van der Waals surface area (Å²) in [6, 6.07) is 0. The molecule has 0 rings (SSSR count). The lowest BCUT2D eigenvalue weighted by atomic mass is 10.3. The van der Waals surface area contributed by atoms with Crippen LogP contribution >= 0.6 is 0 Å². The van der Waals surface area contributed by atoms with E-state index in [2.05, 4.69) is 10.1 Å². The van der Waals surface area contributed by atoms with Crippen molar-refractivity contribution < 1.29 is 23.9 Å². The van der Waals surface area contributed by atoms with E-state index in [4.69, 9.17) is 4.74 Å². The molecule has 0 heterocycles. The fraction of sp³-hybridized carbons (Fsp3) is 0.750. The van der Waals surface area contributed by atoms with E-state index < -0.39 is 11.9 Å². The molecule has 0 saturated heterocycles. The first-order valence-corrected chi connectivity index (χ1v) is 6.18. The van der Waals surface area contributed by atoms with Gasteiger partial charge in [-0.05, 0) is 13.3 Å². The summed E-state index contributed by atoms with van der Waals surface area (Å²) in [4.78, 5) is 33.0. The van der Waals surface area contributed by atoms with Crippen LogP contribution in [0.15, 0.2) is 0 Å². The molecule has 18 heavy (non-hydrogen) atoms. The number of nitrogens with one attached hydrogen (secondary N) is 1. The molecule has 1 amide bonds. The van der Waals surface area contributed by atoms with Crippen molar-refractivity contribution in [3.8, 4) is 0 Å². The lowest BCUT2D eigenvalue weighted by Crippen LogP contribution is -2.24. The van der Waals surface area contributed by atoms with Gasteiger partial charge in [-0.2, -0.15) is 0 Å². The minimum atomic E-state index is -0.426. The van der Waals surface area contributed by atoms with Crippen molar-refractivity contribution >= 4 is 17.8 Å². The zero-order valence-corrected chi connectivity index (χ0v) is 11.0. The molecule has 0 unspecified atom stereocenters. The van der Waals surface area contributed by atoms with Crippen LogP contribution in [0.5, 0.6) is 0 Å². The number of hydrogen-bond acceptors (Lipinski definition) is 5. The van der Waals surface area contributed by atoms with Crippen molar-refractivity contribution in [2.45, 2.75) is 39.5 Å². The third kappa shape index (κ3) is 9.62. The fourth-order valence-corrected chi connectivity index (χ4v) is 1.12. The maximum Gasteiger partial charge on any atom is 0.306 e. The highest BCUT2D eigenvalue weighted by Crippen LogP contribution is 1.96. The first kappa shape index (κ1) is 16.4. The van der Waals surface area contributed by atoms with Crippen molar-refractivity contribution in [2.75, 3.05) is 19.8 Å². The Morgan fingerprint density at radius 2 is 1.61 bits per heavy atom. The van der Waals surface area contributed by atoms with Crippen LogP contribution in [-0.4, -0.2) is 37.6 Å². The molecule has 1 N–H and O–H groups in total. The normalized spacial score (nSPS) is 9.67. The van der Waals surface area contributed by atoms with Crippen molar-refractivity contribution in [1.82, 2.24) is 5.32 Å². The molecule has 0 aliphatic rings. The van der Waals surface area contributed by atoms with E-state index in [9.17, 15) is 14.4 Å². The topological polar surface area (TPSA) is 81.7 Å². The summed E-state index contributed by atoms with van der Waals surface area (Å²) in [5, 5.41) is 2.67. The molecular formula is C12H21NO5. The molecule has 6 nitrogen and oxygen atoms in total. The van der Waals surface area contributed by atoms with Gasteiger partial charge in [-0.15, -0.1) is 0 Å². The zero-order chi connectivity index (χ0) is 13.8. The first-order valence-electron chi connectivity index (χ1n) is 6.18. The molecule has 0 aliphatic carbocycles. The summed E-state index contributed by atoms with van der Waals surface area (Å²) in [7, 11) is 0. The summed E-state index contributed by atoms with van der Waals surface area (Å²) in [6.45, 7) is 4.51. The molecule has 0 spiro atoms. The second-order valence-corrected chi connectivity index (χ2v) is 3.58. The Hall–Kier alpha value is -1.59. The van der Waals surface area contributed by atoms with Crippen LogP contribution in [0.25, 0.3) is 0 Å². The smallest absolute Gasteiger partial charge is 0.306 e. The van der Waals surface area contributed by atoms with E-state index >= 15 is 0 Å². The van der Waals surface area contributed by atoms with Gasteiger partial charge in [-0.25, -0.2) is 0 Å². The Bertz CT molecular complexity index is 278. The van der Waals surface area contributed by atoms with E-state index in [1.165, 1.54) is 0 Å². The number of carbonyl (C=O) groups excluding carboxylic acids is 3. The molecule has 0 bridgehead atoms. The number of hydrogen-bond donors (Lipinski definition) is 1. The second-order valence-electron chi connectivity index (χ2n) is 3.58. The predicted octanol–water partition coefficient (Wildman–Crippen LogP) is 0.789. The van der Waals surface area contributed by atoms with Gasteiger partial charge in [-0.1, -0.05) is 6.92 Å². The Morgan fingerprint density at radius 3 is 2.17 bits per heavy atom. The van der Waals surface area contributed by atoms with Crippen molar-refractivity contribution in [3.05, 3.63) is 0 Å². The van der Waals surface area contributed by atoms with E-state index in [-0.39, 0.29) is 25.4 Å². The average Bonchev–Trinajstić information content (AvgIpc) is 2.36. The summed E-state index contributed by atoms with van der Waals surface area (Å²) < 4.78 is 9.57.